The second-order valence-electron chi connectivity index (χ2n) is 10.6. The number of anilines is 1. The molecule has 3 aromatic rings. The third-order valence-electron chi connectivity index (χ3n) is 8.23. The van der Waals surface area contributed by atoms with Crippen LogP contribution in [0.4, 0.5) is 10.1 Å². The number of rotatable bonds is 6. The van der Waals surface area contributed by atoms with Crippen molar-refractivity contribution < 1.29 is 13.9 Å². The monoisotopic (exact) mass is 490 g/mol. The minimum Gasteiger partial charge on any atom is -0.478 e. The van der Waals surface area contributed by atoms with Crippen LogP contribution in [-0.2, 0) is 10.2 Å². The first-order valence-corrected chi connectivity index (χ1v) is 13.3. The van der Waals surface area contributed by atoms with Crippen LogP contribution in [0, 0.1) is 0 Å². The molecule has 36 heavy (non-hydrogen) atoms. The summed E-state index contributed by atoms with van der Waals surface area (Å²) in [5, 5.41) is 1.24. The van der Waals surface area contributed by atoms with Crippen molar-refractivity contribution in [1.82, 2.24) is 14.9 Å². The number of fused-ring (bicyclic) bond motifs is 4. The zero-order valence-electron chi connectivity index (χ0n) is 21.1. The standard InChI is InChI=1S/C29H35FN4O2/c1-33-20-29(9-15-35-16-10-29)28-24-17-21(3-5-25(24)31-19-26(28)33)22-4-6-27(32-18-22)36-14-2-11-34-12-7-23(30)8-13-34/h3-6,17-19,23H,2,7-16,20H2,1H3. The number of halogens is 1. The molecular formula is C29H35FN4O2. The number of piperidine rings is 1. The average Bonchev–Trinajstić information content (AvgIpc) is 3.19. The molecule has 190 valence electrons. The minimum absolute atomic E-state index is 0.139. The summed E-state index contributed by atoms with van der Waals surface area (Å²) in [6.07, 6.45) is 7.65. The number of nitrogens with zero attached hydrogens (tertiary/aromatic N) is 4. The van der Waals surface area contributed by atoms with Crippen molar-refractivity contribution in [2.45, 2.75) is 43.7 Å². The fraction of sp³-hybridized carbons (Fsp3) is 0.517. The van der Waals surface area contributed by atoms with Gasteiger partial charge in [0.1, 0.15) is 6.17 Å². The quantitative estimate of drug-likeness (QED) is 0.454. The van der Waals surface area contributed by atoms with E-state index in [4.69, 9.17) is 14.5 Å². The topological polar surface area (TPSA) is 50.7 Å². The van der Waals surface area contributed by atoms with E-state index in [1.807, 2.05) is 18.5 Å². The summed E-state index contributed by atoms with van der Waals surface area (Å²) in [5.41, 5.74) is 6.08. The molecule has 1 spiro atoms. The van der Waals surface area contributed by atoms with Gasteiger partial charge in [0.2, 0.25) is 5.88 Å². The van der Waals surface area contributed by atoms with E-state index in [1.54, 1.807) is 0 Å². The number of likely N-dealkylation sites (N-methyl/N-ethyl adjacent to an activating group) is 1. The lowest BCUT2D eigenvalue weighted by Gasteiger charge is -2.34. The highest BCUT2D eigenvalue weighted by atomic mass is 19.1. The number of aromatic nitrogens is 2. The third kappa shape index (κ3) is 4.55. The van der Waals surface area contributed by atoms with Crippen molar-refractivity contribution in [1.29, 1.82) is 0 Å². The second-order valence-corrected chi connectivity index (χ2v) is 10.6. The highest BCUT2D eigenvalue weighted by molar-refractivity contribution is 5.93. The van der Waals surface area contributed by atoms with E-state index in [1.165, 1.54) is 16.6 Å². The van der Waals surface area contributed by atoms with Gasteiger partial charge in [-0.25, -0.2) is 9.37 Å². The molecule has 0 radical (unpaired) electrons. The molecule has 6 rings (SSSR count). The second kappa shape index (κ2) is 9.94. The molecule has 0 saturated carbocycles. The Kier molecular flexibility index (Phi) is 6.52. The van der Waals surface area contributed by atoms with Crippen LogP contribution in [0.1, 0.15) is 37.7 Å². The van der Waals surface area contributed by atoms with E-state index in [-0.39, 0.29) is 5.41 Å². The molecule has 2 aromatic heterocycles. The van der Waals surface area contributed by atoms with Crippen molar-refractivity contribution in [3.05, 3.63) is 48.3 Å². The zero-order chi connectivity index (χ0) is 24.5. The van der Waals surface area contributed by atoms with E-state index in [0.29, 0.717) is 25.3 Å². The van der Waals surface area contributed by atoms with Gasteiger partial charge < -0.3 is 19.3 Å². The van der Waals surface area contributed by atoms with Gasteiger partial charge in [-0.2, -0.15) is 0 Å². The molecule has 2 saturated heterocycles. The first-order chi connectivity index (χ1) is 17.6. The molecule has 0 unspecified atom stereocenters. The molecule has 0 atom stereocenters. The Bertz CT molecular complexity index is 1200. The molecule has 1 aromatic carbocycles. The van der Waals surface area contributed by atoms with Gasteiger partial charge in [0, 0.05) is 75.1 Å². The number of benzene rings is 1. The predicted octanol–water partition coefficient (Wildman–Crippen LogP) is 5.00. The normalized spacial score (nSPS) is 20.2. The summed E-state index contributed by atoms with van der Waals surface area (Å²) >= 11 is 0. The fourth-order valence-electron chi connectivity index (χ4n) is 6.22. The largest absolute Gasteiger partial charge is 0.478 e. The summed E-state index contributed by atoms with van der Waals surface area (Å²) in [6.45, 7) is 5.93. The van der Waals surface area contributed by atoms with Crippen molar-refractivity contribution in [2.24, 2.45) is 0 Å². The zero-order valence-corrected chi connectivity index (χ0v) is 21.1. The summed E-state index contributed by atoms with van der Waals surface area (Å²) in [6, 6.07) is 10.6. The third-order valence-corrected chi connectivity index (χ3v) is 8.23. The number of hydrogen-bond donors (Lipinski definition) is 0. The molecule has 2 fully saturated rings. The summed E-state index contributed by atoms with van der Waals surface area (Å²) in [4.78, 5) is 14.0. The van der Waals surface area contributed by atoms with Crippen LogP contribution < -0.4 is 9.64 Å². The Labute approximate surface area is 212 Å². The van der Waals surface area contributed by atoms with Crippen LogP contribution in [0.3, 0.4) is 0 Å². The summed E-state index contributed by atoms with van der Waals surface area (Å²) in [7, 11) is 2.18. The van der Waals surface area contributed by atoms with Gasteiger partial charge in [-0.1, -0.05) is 6.07 Å². The minimum atomic E-state index is -0.621. The van der Waals surface area contributed by atoms with Gasteiger partial charge in [0.15, 0.2) is 0 Å². The van der Waals surface area contributed by atoms with Crippen molar-refractivity contribution >= 4 is 16.6 Å². The summed E-state index contributed by atoms with van der Waals surface area (Å²) < 4.78 is 24.9. The Balaban J connectivity index is 1.17. The van der Waals surface area contributed by atoms with Crippen LogP contribution in [0.15, 0.2) is 42.7 Å². The highest BCUT2D eigenvalue weighted by Gasteiger charge is 2.44. The molecule has 5 heterocycles. The van der Waals surface area contributed by atoms with Gasteiger partial charge in [0.05, 0.1) is 24.0 Å². The van der Waals surface area contributed by atoms with Crippen LogP contribution in [0.25, 0.3) is 22.0 Å². The predicted molar refractivity (Wildman–Crippen MR) is 141 cm³/mol. The first kappa shape index (κ1) is 23.6. The van der Waals surface area contributed by atoms with Crippen molar-refractivity contribution in [3.63, 3.8) is 0 Å². The Morgan fingerprint density at radius 1 is 1.06 bits per heavy atom. The van der Waals surface area contributed by atoms with Crippen LogP contribution in [0.2, 0.25) is 0 Å². The van der Waals surface area contributed by atoms with Crippen molar-refractivity contribution in [2.75, 3.05) is 57.9 Å². The highest BCUT2D eigenvalue weighted by Crippen LogP contribution is 2.49. The Morgan fingerprint density at radius 3 is 2.64 bits per heavy atom. The lowest BCUT2D eigenvalue weighted by molar-refractivity contribution is 0.0560. The van der Waals surface area contributed by atoms with Gasteiger partial charge in [-0.3, -0.25) is 4.98 Å². The van der Waals surface area contributed by atoms with E-state index in [0.717, 1.165) is 75.3 Å². The molecular weight excluding hydrogens is 455 g/mol. The lowest BCUT2D eigenvalue weighted by atomic mass is 9.74. The smallest absolute Gasteiger partial charge is 0.213 e. The maximum atomic E-state index is 13.3. The van der Waals surface area contributed by atoms with E-state index in [9.17, 15) is 4.39 Å². The average molecular weight is 491 g/mol. The SMILES string of the molecule is CN1CC2(CCOCC2)c2c1cnc1ccc(-c3ccc(OCCCN4CCC(F)CC4)nc3)cc21. The molecule has 3 aliphatic heterocycles. The van der Waals surface area contributed by atoms with Gasteiger partial charge in [-0.15, -0.1) is 0 Å². The number of ether oxygens (including phenoxy) is 2. The molecule has 7 heteroatoms. The molecule has 3 aliphatic rings. The number of pyridine rings is 2. The number of likely N-dealkylation sites (tertiary alicyclic amines) is 1. The maximum Gasteiger partial charge on any atom is 0.213 e. The van der Waals surface area contributed by atoms with E-state index < -0.39 is 6.17 Å². The molecule has 0 aliphatic carbocycles. The van der Waals surface area contributed by atoms with E-state index >= 15 is 0 Å². The van der Waals surface area contributed by atoms with Gasteiger partial charge >= 0.3 is 0 Å². The maximum absolute atomic E-state index is 13.3. The molecule has 0 N–H and O–H groups in total. The molecule has 0 bridgehead atoms. The Hall–Kier alpha value is -2.77. The Morgan fingerprint density at radius 2 is 1.86 bits per heavy atom. The first-order valence-electron chi connectivity index (χ1n) is 13.3. The number of alkyl halides is 1. The lowest BCUT2D eigenvalue weighted by Crippen LogP contribution is -2.37. The van der Waals surface area contributed by atoms with Gasteiger partial charge in [0.25, 0.3) is 0 Å². The van der Waals surface area contributed by atoms with Crippen LogP contribution >= 0.6 is 0 Å². The molecule has 6 nitrogen and oxygen atoms in total. The van der Waals surface area contributed by atoms with Gasteiger partial charge in [-0.05, 0) is 61.4 Å². The van der Waals surface area contributed by atoms with E-state index in [2.05, 4.69) is 46.1 Å². The molecule has 0 amide bonds. The number of hydrogen-bond acceptors (Lipinski definition) is 6. The van der Waals surface area contributed by atoms with Crippen LogP contribution in [-0.4, -0.2) is 74.1 Å². The van der Waals surface area contributed by atoms with Crippen molar-refractivity contribution in [3.8, 4) is 17.0 Å². The fourth-order valence-corrected chi connectivity index (χ4v) is 6.22. The summed E-state index contributed by atoms with van der Waals surface area (Å²) in [5.74, 6) is 0.646. The van der Waals surface area contributed by atoms with Crippen LogP contribution in [0.5, 0.6) is 5.88 Å².